The Labute approximate surface area is 185 Å². The lowest BCUT2D eigenvalue weighted by Crippen LogP contribution is -2.51. The topological polar surface area (TPSA) is 43.9 Å². The van der Waals surface area contributed by atoms with Crippen molar-refractivity contribution >= 4 is 17.5 Å². The third-order valence-corrected chi connectivity index (χ3v) is 6.46. The summed E-state index contributed by atoms with van der Waals surface area (Å²) in [7, 11) is 0. The highest BCUT2D eigenvalue weighted by Crippen LogP contribution is 2.34. The van der Waals surface area contributed by atoms with E-state index in [4.69, 9.17) is 0 Å². The molecule has 170 valence electrons. The molecule has 2 aromatic carbocycles. The van der Waals surface area contributed by atoms with E-state index in [1.807, 2.05) is 47.1 Å². The Morgan fingerprint density at radius 1 is 0.969 bits per heavy atom. The van der Waals surface area contributed by atoms with Crippen LogP contribution in [0.15, 0.2) is 54.6 Å². The third-order valence-electron chi connectivity index (χ3n) is 6.46. The summed E-state index contributed by atoms with van der Waals surface area (Å²) < 4.78 is 39.0. The number of carbonyl (C=O) groups is 2. The van der Waals surface area contributed by atoms with Crippen molar-refractivity contribution in [1.29, 1.82) is 0 Å². The largest absolute Gasteiger partial charge is 0.416 e. The summed E-state index contributed by atoms with van der Waals surface area (Å²) in [5.41, 5.74) is 0.906. The fraction of sp³-hybridized carbons (Fsp3) is 0.417. The van der Waals surface area contributed by atoms with Crippen LogP contribution in [0.3, 0.4) is 0 Å². The molecule has 0 saturated carbocycles. The van der Waals surface area contributed by atoms with E-state index >= 15 is 0 Å². The number of carbonyl (C=O) groups excluding carboxylic acids is 2. The number of likely N-dealkylation sites (tertiary alicyclic amines) is 1. The van der Waals surface area contributed by atoms with Gasteiger partial charge in [-0.3, -0.25) is 19.4 Å². The van der Waals surface area contributed by atoms with E-state index in [1.54, 1.807) is 6.07 Å². The van der Waals surface area contributed by atoms with Gasteiger partial charge >= 0.3 is 6.18 Å². The average Bonchev–Trinajstić information content (AvgIpc) is 3.07. The summed E-state index contributed by atoms with van der Waals surface area (Å²) in [5.74, 6) is -0.721. The Hall–Kier alpha value is -2.87. The van der Waals surface area contributed by atoms with Gasteiger partial charge in [0, 0.05) is 38.3 Å². The van der Waals surface area contributed by atoms with Gasteiger partial charge in [-0.25, -0.2) is 0 Å². The Balaban J connectivity index is 1.35. The van der Waals surface area contributed by atoms with E-state index in [1.165, 1.54) is 17.0 Å². The lowest BCUT2D eigenvalue weighted by atomic mass is 9.86. The first-order chi connectivity index (χ1) is 15.2. The average molecular weight is 445 g/mol. The minimum absolute atomic E-state index is 0.0459. The van der Waals surface area contributed by atoms with Crippen molar-refractivity contribution in [2.24, 2.45) is 5.92 Å². The van der Waals surface area contributed by atoms with Gasteiger partial charge < -0.3 is 4.90 Å². The molecule has 2 aliphatic rings. The van der Waals surface area contributed by atoms with Gasteiger partial charge in [0.2, 0.25) is 11.8 Å². The van der Waals surface area contributed by atoms with Crippen LogP contribution in [-0.4, -0.2) is 54.5 Å². The van der Waals surface area contributed by atoms with E-state index in [0.29, 0.717) is 31.9 Å². The molecule has 2 unspecified atom stereocenters. The lowest BCUT2D eigenvalue weighted by Gasteiger charge is -2.37. The van der Waals surface area contributed by atoms with Crippen molar-refractivity contribution < 1.29 is 22.8 Å². The summed E-state index contributed by atoms with van der Waals surface area (Å²) in [6.45, 7) is 4.38. The molecule has 2 amide bonds. The second kappa shape index (κ2) is 8.94. The minimum atomic E-state index is -4.37. The first-order valence-corrected chi connectivity index (χ1v) is 10.8. The molecular weight excluding hydrogens is 419 g/mol. The molecule has 5 nitrogen and oxygen atoms in total. The molecule has 2 aliphatic heterocycles. The zero-order chi connectivity index (χ0) is 22.9. The van der Waals surface area contributed by atoms with Crippen LogP contribution in [-0.2, 0) is 15.8 Å². The van der Waals surface area contributed by atoms with Crippen LogP contribution in [0.25, 0.3) is 0 Å². The fourth-order valence-electron chi connectivity index (χ4n) is 4.46. The number of hydrogen-bond donors (Lipinski definition) is 0. The SMILES string of the molecule is CC(c1ccccc1)C1CC(=O)N(CN2CCN(c3cccc(C(F)(F)F)c3)CC2)C1=O. The van der Waals surface area contributed by atoms with Crippen LogP contribution in [0.5, 0.6) is 0 Å². The van der Waals surface area contributed by atoms with Crippen molar-refractivity contribution in [3.8, 4) is 0 Å². The number of rotatable bonds is 5. The molecule has 2 heterocycles. The number of imide groups is 1. The first-order valence-electron chi connectivity index (χ1n) is 10.8. The highest BCUT2D eigenvalue weighted by Gasteiger charge is 2.42. The highest BCUT2D eigenvalue weighted by molar-refractivity contribution is 6.03. The van der Waals surface area contributed by atoms with Gasteiger partial charge in [-0.2, -0.15) is 13.2 Å². The van der Waals surface area contributed by atoms with E-state index in [-0.39, 0.29) is 36.7 Å². The second-order valence-electron chi connectivity index (χ2n) is 8.46. The summed E-state index contributed by atoms with van der Waals surface area (Å²) in [5, 5.41) is 0. The Morgan fingerprint density at radius 2 is 1.66 bits per heavy atom. The minimum Gasteiger partial charge on any atom is -0.369 e. The molecule has 2 aromatic rings. The molecule has 0 spiro atoms. The Kier molecular flexibility index (Phi) is 6.24. The molecular formula is C24H26F3N3O2. The molecule has 0 radical (unpaired) electrons. The van der Waals surface area contributed by atoms with Crippen molar-refractivity contribution in [2.45, 2.75) is 25.4 Å². The summed E-state index contributed by atoms with van der Waals surface area (Å²) in [4.78, 5) is 30.8. The molecule has 32 heavy (non-hydrogen) atoms. The number of anilines is 1. The standard InChI is InChI=1S/C24H26F3N3O2/c1-17(18-6-3-2-4-7-18)21-15-22(31)30(23(21)32)16-28-10-12-29(13-11-28)20-9-5-8-19(14-20)24(25,26)27/h2-9,14,17,21H,10-13,15-16H2,1H3. The third kappa shape index (κ3) is 4.65. The Bertz CT molecular complexity index is 972. The van der Waals surface area contributed by atoms with Crippen LogP contribution in [0.1, 0.15) is 30.4 Å². The number of amides is 2. The number of hydrogen-bond acceptors (Lipinski definition) is 4. The summed E-state index contributed by atoms with van der Waals surface area (Å²) >= 11 is 0. The number of piperazine rings is 1. The predicted octanol–water partition coefficient (Wildman–Crippen LogP) is 3.96. The maximum absolute atomic E-state index is 13.0. The number of benzene rings is 2. The first kappa shape index (κ1) is 22.3. The maximum Gasteiger partial charge on any atom is 0.416 e. The second-order valence-corrected chi connectivity index (χ2v) is 8.46. The quantitative estimate of drug-likeness (QED) is 0.654. The van der Waals surface area contributed by atoms with Gasteiger partial charge in [-0.05, 0) is 29.7 Å². The van der Waals surface area contributed by atoms with Crippen LogP contribution in [0.2, 0.25) is 0 Å². The van der Waals surface area contributed by atoms with E-state index in [9.17, 15) is 22.8 Å². The molecule has 0 bridgehead atoms. The van der Waals surface area contributed by atoms with Gasteiger partial charge in [0.05, 0.1) is 18.2 Å². The van der Waals surface area contributed by atoms with Gasteiger partial charge in [0.25, 0.3) is 0 Å². The van der Waals surface area contributed by atoms with Gasteiger partial charge in [0.1, 0.15) is 0 Å². The van der Waals surface area contributed by atoms with Gasteiger partial charge in [-0.1, -0.05) is 43.3 Å². The van der Waals surface area contributed by atoms with E-state index in [2.05, 4.69) is 0 Å². The van der Waals surface area contributed by atoms with Crippen molar-refractivity contribution in [2.75, 3.05) is 37.7 Å². The van der Waals surface area contributed by atoms with E-state index < -0.39 is 11.7 Å². The molecule has 8 heteroatoms. The van der Waals surface area contributed by atoms with Crippen molar-refractivity contribution in [1.82, 2.24) is 9.80 Å². The van der Waals surface area contributed by atoms with Crippen LogP contribution in [0, 0.1) is 5.92 Å². The molecule has 2 atom stereocenters. The van der Waals surface area contributed by atoms with Crippen LogP contribution in [0.4, 0.5) is 18.9 Å². The zero-order valence-electron chi connectivity index (χ0n) is 17.9. The van der Waals surface area contributed by atoms with Crippen molar-refractivity contribution in [3.05, 3.63) is 65.7 Å². The highest BCUT2D eigenvalue weighted by atomic mass is 19.4. The van der Waals surface area contributed by atoms with Crippen LogP contribution >= 0.6 is 0 Å². The summed E-state index contributed by atoms with van der Waals surface area (Å²) in [6, 6.07) is 15.0. The fourth-order valence-corrected chi connectivity index (χ4v) is 4.46. The molecule has 2 fully saturated rings. The van der Waals surface area contributed by atoms with Gasteiger partial charge in [-0.15, -0.1) is 0 Å². The zero-order valence-corrected chi connectivity index (χ0v) is 17.9. The number of halogens is 3. The normalized spacial score (nSPS) is 21.3. The lowest BCUT2D eigenvalue weighted by molar-refractivity contribution is -0.142. The molecule has 0 N–H and O–H groups in total. The number of alkyl halides is 3. The van der Waals surface area contributed by atoms with E-state index in [0.717, 1.165) is 11.6 Å². The maximum atomic E-state index is 13.0. The van der Waals surface area contributed by atoms with Gasteiger partial charge in [0.15, 0.2) is 0 Å². The summed E-state index contributed by atoms with van der Waals surface area (Å²) in [6.07, 6.45) is -4.17. The Morgan fingerprint density at radius 3 is 2.31 bits per heavy atom. The predicted molar refractivity (Wildman–Crippen MR) is 115 cm³/mol. The number of nitrogens with zero attached hydrogens (tertiary/aromatic N) is 3. The molecule has 2 saturated heterocycles. The monoisotopic (exact) mass is 445 g/mol. The van der Waals surface area contributed by atoms with Crippen molar-refractivity contribution in [3.63, 3.8) is 0 Å². The molecule has 4 rings (SSSR count). The van der Waals surface area contributed by atoms with Crippen LogP contribution < -0.4 is 4.90 Å². The smallest absolute Gasteiger partial charge is 0.369 e. The molecule has 0 aromatic heterocycles. The molecule has 0 aliphatic carbocycles.